The zero-order chi connectivity index (χ0) is 40.2. The maximum Gasteiger partial charge on any atom is 0.271 e. The van der Waals surface area contributed by atoms with E-state index in [1.54, 1.807) is 59.4 Å². The van der Waals surface area contributed by atoms with Crippen LogP contribution in [0.25, 0.3) is 22.2 Å². The van der Waals surface area contributed by atoms with E-state index in [2.05, 4.69) is 59.5 Å². The van der Waals surface area contributed by atoms with Crippen LogP contribution >= 0.6 is 46.2 Å². The second-order valence-corrected chi connectivity index (χ2v) is 20.1. The molecule has 8 rings (SSSR count). The third-order valence-electron chi connectivity index (χ3n) is 9.85. The van der Waals surface area contributed by atoms with Crippen molar-refractivity contribution in [1.82, 2.24) is 19.1 Å². The van der Waals surface area contributed by atoms with Crippen molar-refractivity contribution in [2.75, 3.05) is 30.2 Å². The second kappa shape index (κ2) is 15.6. The molecule has 0 unspecified atom stereocenters. The van der Waals surface area contributed by atoms with E-state index in [0.717, 1.165) is 61.6 Å². The Bertz CT molecular complexity index is 3060. The minimum Gasteiger partial charge on any atom is -0.337 e. The third kappa shape index (κ3) is 7.47. The normalized spacial score (nSPS) is 17.0. The summed E-state index contributed by atoms with van der Waals surface area (Å²) in [5.41, 5.74) is 6.24. The van der Waals surface area contributed by atoms with Crippen LogP contribution in [0.5, 0.6) is 0 Å². The van der Waals surface area contributed by atoms with E-state index in [0.29, 0.717) is 24.7 Å². The number of hydrogen-bond acceptors (Lipinski definition) is 12. The van der Waals surface area contributed by atoms with Gasteiger partial charge in [-0.1, -0.05) is 49.5 Å². The fourth-order valence-electron chi connectivity index (χ4n) is 6.74. The molecule has 2 aliphatic rings. The molecule has 15 heteroatoms. The average molecular weight is 852 g/mol. The topological polar surface area (TPSA) is 106 Å². The highest BCUT2D eigenvalue weighted by Gasteiger charge is 2.27. The van der Waals surface area contributed by atoms with Crippen LogP contribution in [0.4, 0.5) is 17.1 Å². The number of nitrogens with zero attached hydrogens (tertiary/aromatic N) is 7. The van der Waals surface area contributed by atoms with Gasteiger partial charge in [0.05, 0.1) is 44.2 Å². The van der Waals surface area contributed by atoms with Crippen molar-refractivity contribution in [3.8, 4) is 0 Å². The first kappa shape index (κ1) is 39.2. The lowest BCUT2D eigenvalue weighted by Gasteiger charge is -2.13. The summed E-state index contributed by atoms with van der Waals surface area (Å²) < 4.78 is 32.3. The molecule has 10 nitrogen and oxygen atoms in total. The van der Waals surface area contributed by atoms with Crippen molar-refractivity contribution in [1.29, 1.82) is 0 Å². The molecule has 57 heavy (non-hydrogen) atoms. The van der Waals surface area contributed by atoms with Gasteiger partial charge in [0.15, 0.2) is 15.3 Å². The molecule has 6 aromatic rings. The summed E-state index contributed by atoms with van der Waals surface area (Å²) in [5.74, 6) is 0.425. The molecule has 2 aromatic carbocycles. The molecule has 0 aliphatic carbocycles. The lowest BCUT2D eigenvalue weighted by molar-refractivity contribution is 0.602. The summed E-state index contributed by atoms with van der Waals surface area (Å²) in [6, 6.07) is 21.6. The maximum absolute atomic E-state index is 13.8. The van der Waals surface area contributed by atoms with E-state index in [9.17, 15) is 13.2 Å². The van der Waals surface area contributed by atoms with Gasteiger partial charge in [-0.05, 0) is 92.1 Å². The Balaban J connectivity index is 1.22. The molecule has 0 spiro atoms. The Labute approximate surface area is 347 Å². The van der Waals surface area contributed by atoms with Gasteiger partial charge in [0.1, 0.15) is 23.8 Å². The first-order chi connectivity index (χ1) is 27.3. The summed E-state index contributed by atoms with van der Waals surface area (Å²) >= 11 is 6.37. The highest BCUT2D eigenvalue weighted by Crippen LogP contribution is 2.47. The summed E-state index contributed by atoms with van der Waals surface area (Å²) in [6.45, 7) is 9.67. The number of aromatic nitrogens is 4. The first-order valence-corrected chi connectivity index (χ1v) is 23.6. The lowest BCUT2D eigenvalue weighted by Crippen LogP contribution is -2.34. The van der Waals surface area contributed by atoms with E-state index in [1.165, 1.54) is 28.1 Å². The zero-order valence-electron chi connectivity index (χ0n) is 32.5. The third-order valence-corrected chi connectivity index (χ3v) is 15.9. The van der Waals surface area contributed by atoms with Gasteiger partial charge >= 0.3 is 0 Å². The Morgan fingerprint density at radius 1 is 0.772 bits per heavy atom. The number of benzene rings is 2. The fraction of sp³-hybridized carbons (Fsp3) is 0.238. The fourth-order valence-corrected chi connectivity index (χ4v) is 12.4. The van der Waals surface area contributed by atoms with Crippen LogP contribution in [0.2, 0.25) is 0 Å². The van der Waals surface area contributed by atoms with Gasteiger partial charge in [0.2, 0.25) is 0 Å². The molecule has 0 amide bonds. The molecule has 0 N–H and O–H groups in total. The van der Waals surface area contributed by atoms with Crippen LogP contribution in [-0.2, 0) is 22.9 Å². The molecule has 2 aliphatic heterocycles. The van der Waals surface area contributed by atoms with Crippen LogP contribution < -0.4 is 39.2 Å². The second-order valence-electron chi connectivity index (χ2n) is 14.0. The Hall–Kier alpha value is -4.67. The van der Waals surface area contributed by atoms with Crippen molar-refractivity contribution in [3.63, 3.8) is 0 Å². The standard InChI is InChI=1S/C42H41N7O3S5/c1-8-48-35(21-27-12-10-11-19-43-27)55-37(41-47(6)32-23-30(57(7,51)52)16-18-33(32)53-41)39(48)45-29-15-14-28(44-24-29)22-36-49(9-2)40(50)38(56-36)42-46(5)31-17-13-26(25(3)4)20-34(31)54-42/h10-25H,8-9H2,1-7H3. The molecule has 0 radical (unpaired) electrons. The van der Waals surface area contributed by atoms with Crippen molar-refractivity contribution in [2.24, 2.45) is 4.99 Å². The number of anilines is 2. The number of hydrogen-bond donors (Lipinski definition) is 0. The summed E-state index contributed by atoms with van der Waals surface area (Å²) in [4.78, 5) is 35.0. The monoisotopic (exact) mass is 851 g/mol. The molecule has 4 aromatic heterocycles. The van der Waals surface area contributed by atoms with E-state index in [1.807, 2.05) is 73.0 Å². The number of pyridine rings is 2. The zero-order valence-corrected chi connectivity index (χ0v) is 36.6. The van der Waals surface area contributed by atoms with Crippen LogP contribution in [0, 0.1) is 0 Å². The molecule has 0 saturated heterocycles. The highest BCUT2D eigenvalue weighted by atomic mass is 32.2. The van der Waals surface area contributed by atoms with E-state index < -0.39 is 9.84 Å². The molecule has 292 valence electrons. The van der Waals surface area contributed by atoms with E-state index in [4.69, 9.17) is 9.98 Å². The summed E-state index contributed by atoms with van der Waals surface area (Å²) in [7, 11) is 0.616. The Morgan fingerprint density at radius 3 is 2.12 bits per heavy atom. The van der Waals surface area contributed by atoms with E-state index >= 15 is 0 Å². The predicted molar refractivity (Wildman–Crippen MR) is 237 cm³/mol. The Kier molecular flexibility index (Phi) is 10.7. The minimum atomic E-state index is -3.38. The van der Waals surface area contributed by atoms with Crippen molar-refractivity contribution < 1.29 is 8.42 Å². The smallest absolute Gasteiger partial charge is 0.271 e. The number of fused-ring (bicyclic) bond motifs is 2. The van der Waals surface area contributed by atoms with Crippen molar-refractivity contribution in [3.05, 3.63) is 130 Å². The average Bonchev–Trinajstić information content (AvgIpc) is 3.91. The van der Waals surface area contributed by atoms with Gasteiger partial charge in [0, 0.05) is 49.4 Å². The SMILES string of the molecule is CCn1c(=Cc2ccc(N=c3c(=C4Sc5ccc(S(C)(=O)=O)cc5N4C)sc(=Cc4ccccn4)n3CC)cn2)sc(=C2Sc3cc(C(C)C)ccc3N2C)c1=O. The molecule has 6 heterocycles. The van der Waals surface area contributed by atoms with Gasteiger partial charge in [-0.15, -0.1) is 22.7 Å². The summed E-state index contributed by atoms with van der Waals surface area (Å²) in [5, 5.41) is 1.90. The number of thioether (sulfide) groups is 2. The van der Waals surface area contributed by atoms with Crippen molar-refractivity contribution in [2.45, 2.75) is 61.4 Å². The van der Waals surface area contributed by atoms with Crippen LogP contribution in [0.15, 0.2) is 104 Å². The van der Waals surface area contributed by atoms with Gasteiger partial charge < -0.3 is 14.4 Å². The quantitative estimate of drug-likeness (QED) is 0.202. The molecular formula is C42H41N7O3S5. The van der Waals surface area contributed by atoms with Gasteiger partial charge in [0.25, 0.3) is 5.56 Å². The van der Waals surface area contributed by atoms with Crippen LogP contribution in [0.3, 0.4) is 0 Å². The maximum atomic E-state index is 13.8. The van der Waals surface area contributed by atoms with Gasteiger partial charge in [-0.25, -0.2) is 13.4 Å². The van der Waals surface area contributed by atoms with Gasteiger partial charge in [-0.3, -0.25) is 19.3 Å². The van der Waals surface area contributed by atoms with E-state index in [-0.39, 0.29) is 10.5 Å². The molecule has 0 fully saturated rings. The summed E-state index contributed by atoms with van der Waals surface area (Å²) in [6.07, 6.45) is 8.80. The predicted octanol–water partition coefficient (Wildman–Crippen LogP) is 5.64. The highest BCUT2D eigenvalue weighted by molar-refractivity contribution is 8.09. The van der Waals surface area contributed by atoms with Crippen LogP contribution in [-0.4, -0.2) is 47.9 Å². The van der Waals surface area contributed by atoms with Crippen LogP contribution in [0.1, 0.15) is 50.6 Å². The lowest BCUT2D eigenvalue weighted by atomic mass is 10.0. The van der Waals surface area contributed by atoms with Gasteiger partial charge in [-0.2, -0.15) is 0 Å². The number of rotatable bonds is 7. The molecule has 0 atom stereocenters. The molecular weight excluding hydrogens is 811 g/mol. The van der Waals surface area contributed by atoms with Crippen molar-refractivity contribution >= 4 is 95.3 Å². The first-order valence-electron chi connectivity index (χ1n) is 18.5. The largest absolute Gasteiger partial charge is 0.337 e. The number of thiazole rings is 2. The molecule has 0 bridgehead atoms. The number of sulfone groups is 1. The minimum absolute atomic E-state index is 0.000900. The molecule has 0 saturated carbocycles. The Morgan fingerprint density at radius 2 is 1.46 bits per heavy atom.